The predicted octanol–water partition coefficient (Wildman–Crippen LogP) is 3.76. The molecule has 2 aliphatic heterocycles. The molecule has 1 fully saturated rings. The van der Waals surface area contributed by atoms with Crippen molar-refractivity contribution in [2.45, 2.75) is 45.1 Å². The number of hydrogen-bond donors (Lipinski definition) is 1. The zero-order valence-electron chi connectivity index (χ0n) is 19.7. The molecule has 2 aliphatic rings. The van der Waals surface area contributed by atoms with E-state index in [0.717, 1.165) is 71.6 Å². The maximum atomic E-state index is 6.30. The lowest BCUT2D eigenvalue weighted by Gasteiger charge is -2.40. The van der Waals surface area contributed by atoms with Crippen molar-refractivity contribution < 1.29 is 4.74 Å². The van der Waals surface area contributed by atoms with Crippen LogP contribution in [0.2, 0.25) is 0 Å². The highest BCUT2D eigenvalue weighted by Gasteiger charge is 2.28. The van der Waals surface area contributed by atoms with Gasteiger partial charge in [0.05, 0.1) is 11.7 Å². The first-order chi connectivity index (χ1) is 16.6. The third kappa shape index (κ3) is 4.11. The van der Waals surface area contributed by atoms with Crippen molar-refractivity contribution in [1.82, 2.24) is 34.3 Å². The number of rotatable bonds is 0. The van der Waals surface area contributed by atoms with Crippen LogP contribution in [0.5, 0.6) is 5.75 Å². The normalized spacial score (nSPS) is 19.2. The van der Waals surface area contributed by atoms with Crippen molar-refractivity contribution in [2.75, 3.05) is 25.0 Å². The van der Waals surface area contributed by atoms with E-state index in [1.54, 1.807) is 0 Å². The number of fused-ring (bicyclic) bond motifs is 7. The van der Waals surface area contributed by atoms with E-state index in [1.165, 1.54) is 19.3 Å². The third-order valence-corrected chi connectivity index (χ3v) is 6.84. The molecular formula is C25H30N8O. The summed E-state index contributed by atoms with van der Waals surface area (Å²) in [7, 11) is 1.96. The highest BCUT2D eigenvalue weighted by atomic mass is 16.5. The van der Waals surface area contributed by atoms with Crippen LogP contribution in [0.4, 0.5) is 11.6 Å². The van der Waals surface area contributed by atoms with E-state index in [-0.39, 0.29) is 0 Å². The van der Waals surface area contributed by atoms with E-state index in [4.69, 9.17) is 9.72 Å². The SMILES string of the molecule is Cc1cc2nc(n1)CCCCCN1CC[C@@H]1COc1cnn(C)c1-c1ccn3nc(cc3c1)N2. The van der Waals surface area contributed by atoms with Gasteiger partial charge in [-0.15, -0.1) is 0 Å². The summed E-state index contributed by atoms with van der Waals surface area (Å²) in [5, 5.41) is 12.5. The number of nitrogens with zero attached hydrogens (tertiary/aromatic N) is 7. The molecule has 6 rings (SSSR count). The monoisotopic (exact) mass is 458 g/mol. The molecule has 0 unspecified atom stereocenters. The fourth-order valence-corrected chi connectivity index (χ4v) is 4.93. The molecule has 0 aliphatic carbocycles. The topological polar surface area (TPSA) is 85.4 Å². The molecule has 0 amide bonds. The average molecular weight is 459 g/mol. The van der Waals surface area contributed by atoms with Crippen LogP contribution >= 0.6 is 0 Å². The fourth-order valence-electron chi connectivity index (χ4n) is 4.93. The van der Waals surface area contributed by atoms with Gasteiger partial charge in [-0.3, -0.25) is 9.58 Å². The quantitative estimate of drug-likeness (QED) is 0.429. The Hall–Kier alpha value is -3.46. The molecule has 0 saturated carbocycles. The lowest BCUT2D eigenvalue weighted by atomic mass is 10.0. The smallest absolute Gasteiger partial charge is 0.165 e. The van der Waals surface area contributed by atoms with Gasteiger partial charge in [-0.2, -0.15) is 10.2 Å². The first kappa shape index (κ1) is 21.1. The molecule has 1 N–H and O–H groups in total. The molecule has 5 bridgehead atoms. The second-order valence-electron chi connectivity index (χ2n) is 9.33. The molecule has 9 heteroatoms. The van der Waals surface area contributed by atoms with Gasteiger partial charge in [0.25, 0.3) is 0 Å². The van der Waals surface area contributed by atoms with Crippen LogP contribution in [0.25, 0.3) is 16.8 Å². The third-order valence-electron chi connectivity index (χ3n) is 6.84. The molecule has 1 saturated heterocycles. The summed E-state index contributed by atoms with van der Waals surface area (Å²) in [6.07, 6.45) is 9.32. The molecule has 1 atom stereocenters. The molecule has 0 radical (unpaired) electrons. The van der Waals surface area contributed by atoms with Crippen LogP contribution < -0.4 is 10.1 Å². The summed E-state index contributed by atoms with van der Waals surface area (Å²) < 4.78 is 10.1. The van der Waals surface area contributed by atoms with Gasteiger partial charge >= 0.3 is 0 Å². The Labute approximate surface area is 198 Å². The lowest BCUT2D eigenvalue weighted by Crippen LogP contribution is -2.51. The summed E-state index contributed by atoms with van der Waals surface area (Å²) in [6.45, 7) is 4.99. The van der Waals surface area contributed by atoms with E-state index < -0.39 is 0 Å². The minimum Gasteiger partial charge on any atom is -0.488 e. The van der Waals surface area contributed by atoms with E-state index in [2.05, 4.69) is 37.5 Å². The van der Waals surface area contributed by atoms with Crippen LogP contribution in [0, 0.1) is 6.92 Å². The predicted molar refractivity (Wildman–Crippen MR) is 130 cm³/mol. The largest absolute Gasteiger partial charge is 0.488 e. The lowest BCUT2D eigenvalue weighted by molar-refractivity contribution is 0.0494. The Bertz CT molecular complexity index is 1330. The van der Waals surface area contributed by atoms with E-state index in [1.807, 2.05) is 47.7 Å². The molecule has 0 spiro atoms. The van der Waals surface area contributed by atoms with Crippen molar-refractivity contribution >= 4 is 17.2 Å². The Morgan fingerprint density at radius 3 is 2.88 bits per heavy atom. The molecule has 9 nitrogen and oxygen atoms in total. The first-order valence-electron chi connectivity index (χ1n) is 12.1. The van der Waals surface area contributed by atoms with Gasteiger partial charge in [0.2, 0.25) is 0 Å². The Balaban J connectivity index is 1.36. The number of aryl methyl sites for hydroxylation is 3. The van der Waals surface area contributed by atoms with E-state index in [9.17, 15) is 0 Å². The van der Waals surface area contributed by atoms with Gasteiger partial charge in [0.1, 0.15) is 23.9 Å². The number of aromatic nitrogens is 6. The van der Waals surface area contributed by atoms with Crippen molar-refractivity contribution in [3.8, 4) is 17.0 Å². The second-order valence-corrected chi connectivity index (χ2v) is 9.33. The maximum absolute atomic E-state index is 6.30. The molecule has 176 valence electrons. The summed E-state index contributed by atoms with van der Waals surface area (Å²) in [6, 6.07) is 8.65. The maximum Gasteiger partial charge on any atom is 0.165 e. The minimum absolute atomic E-state index is 0.479. The van der Waals surface area contributed by atoms with Crippen LogP contribution in [-0.2, 0) is 13.5 Å². The standard InChI is InChI=1S/C25H30N8O/c1-17-12-23-28-22(27-17)6-4-3-5-9-32-10-8-19(32)16-34-21-15-26-31(2)25(21)18-7-11-33-20(13-18)14-24(29-23)30-33/h7,11-15,19H,3-6,8-10,16H2,1-2H3,(H,27,28,29,30)/t19-/m1/s1. The number of hydrogen-bond acceptors (Lipinski definition) is 7. The van der Waals surface area contributed by atoms with Crippen LogP contribution in [-0.4, -0.2) is 60.0 Å². The van der Waals surface area contributed by atoms with Crippen LogP contribution in [0.1, 0.15) is 37.2 Å². The van der Waals surface area contributed by atoms with Gasteiger partial charge in [-0.25, -0.2) is 14.5 Å². The van der Waals surface area contributed by atoms with Gasteiger partial charge in [0, 0.05) is 55.6 Å². The molecule has 34 heavy (non-hydrogen) atoms. The summed E-state index contributed by atoms with van der Waals surface area (Å²) in [5.41, 5.74) is 3.98. The van der Waals surface area contributed by atoms with Gasteiger partial charge in [0.15, 0.2) is 11.6 Å². The molecule has 6 heterocycles. The first-order valence-corrected chi connectivity index (χ1v) is 12.1. The molecular weight excluding hydrogens is 428 g/mol. The zero-order valence-corrected chi connectivity index (χ0v) is 19.7. The van der Waals surface area contributed by atoms with Crippen molar-refractivity contribution in [3.05, 3.63) is 48.2 Å². The van der Waals surface area contributed by atoms with Crippen molar-refractivity contribution in [1.29, 1.82) is 0 Å². The molecule has 4 aromatic heterocycles. The second kappa shape index (κ2) is 8.72. The fraction of sp³-hybridized carbons (Fsp3) is 0.440. The summed E-state index contributed by atoms with van der Waals surface area (Å²) in [4.78, 5) is 11.9. The average Bonchev–Trinajstić information content (AvgIpc) is 3.36. The number of pyridine rings is 1. The molecule has 4 aromatic rings. The minimum atomic E-state index is 0.479. The van der Waals surface area contributed by atoms with E-state index >= 15 is 0 Å². The van der Waals surface area contributed by atoms with Crippen molar-refractivity contribution in [2.24, 2.45) is 7.05 Å². The van der Waals surface area contributed by atoms with Crippen molar-refractivity contribution in [3.63, 3.8) is 0 Å². The van der Waals surface area contributed by atoms with E-state index in [0.29, 0.717) is 12.6 Å². The Kier molecular flexibility index (Phi) is 5.41. The van der Waals surface area contributed by atoms with Crippen LogP contribution in [0.15, 0.2) is 36.7 Å². The Morgan fingerprint density at radius 1 is 1.06 bits per heavy atom. The van der Waals surface area contributed by atoms with Crippen LogP contribution in [0.3, 0.4) is 0 Å². The zero-order chi connectivity index (χ0) is 23.1. The summed E-state index contributed by atoms with van der Waals surface area (Å²) in [5.74, 6) is 3.25. The number of nitrogens with one attached hydrogen (secondary N) is 1. The highest BCUT2D eigenvalue weighted by molar-refractivity contribution is 5.72. The number of ether oxygens (including phenoxy) is 1. The summed E-state index contributed by atoms with van der Waals surface area (Å²) >= 11 is 0. The van der Waals surface area contributed by atoms with Gasteiger partial charge in [-0.1, -0.05) is 6.42 Å². The highest BCUT2D eigenvalue weighted by Crippen LogP contribution is 2.32. The number of anilines is 2. The van der Waals surface area contributed by atoms with Gasteiger partial charge in [-0.05, 0) is 44.9 Å². The van der Waals surface area contributed by atoms with Gasteiger partial charge < -0.3 is 10.1 Å². The molecule has 0 aromatic carbocycles. The Morgan fingerprint density at radius 2 is 2.00 bits per heavy atom.